The first-order valence-electron chi connectivity index (χ1n) is 4.15. The van der Waals surface area contributed by atoms with Crippen molar-refractivity contribution in [2.45, 2.75) is 19.9 Å². The molecule has 2 aromatic rings. The van der Waals surface area contributed by atoms with Crippen LogP contribution in [0.3, 0.4) is 0 Å². The number of fused-ring (bicyclic) bond motifs is 1. The fourth-order valence-electron chi connectivity index (χ4n) is 1.26. The Morgan fingerprint density at radius 3 is 3.00 bits per heavy atom. The van der Waals surface area contributed by atoms with Crippen LogP contribution in [-0.2, 0) is 0 Å². The highest BCUT2D eigenvalue weighted by Crippen LogP contribution is 2.09. The molecule has 2 heterocycles. The van der Waals surface area contributed by atoms with Crippen LogP contribution >= 0.6 is 0 Å². The van der Waals surface area contributed by atoms with E-state index in [9.17, 15) is 4.79 Å². The Kier molecular flexibility index (Phi) is 1.69. The molecule has 0 aliphatic rings. The van der Waals surface area contributed by atoms with Gasteiger partial charge in [0.2, 0.25) is 0 Å². The van der Waals surface area contributed by atoms with Crippen LogP contribution in [-0.4, -0.2) is 9.78 Å². The van der Waals surface area contributed by atoms with Crippen LogP contribution in [0.1, 0.15) is 19.9 Å². The Bertz CT molecular complexity index is 482. The summed E-state index contributed by atoms with van der Waals surface area (Å²) in [5.41, 5.74) is 0.447. The van der Waals surface area contributed by atoms with E-state index in [0.717, 1.165) is 0 Å². The lowest BCUT2D eigenvalue weighted by Crippen LogP contribution is -2.23. The van der Waals surface area contributed by atoms with Crippen LogP contribution < -0.4 is 5.56 Å². The van der Waals surface area contributed by atoms with E-state index in [-0.39, 0.29) is 11.6 Å². The zero-order valence-corrected chi connectivity index (χ0v) is 7.52. The highest BCUT2D eigenvalue weighted by Gasteiger charge is 2.07. The minimum atomic E-state index is -0.0961. The van der Waals surface area contributed by atoms with Crippen molar-refractivity contribution in [1.29, 1.82) is 0 Å². The van der Waals surface area contributed by atoms with Crippen molar-refractivity contribution in [3.05, 3.63) is 28.9 Å². The smallest absolute Gasteiger partial charge is 0.278 e. The molecule has 0 saturated heterocycles. The predicted octanol–water partition coefficient (Wildman–Crippen LogP) is 1.57. The van der Waals surface area contributed by atoms with Gasteiger partial charge in [0.1, 0.15) is 0 Å². The Hall–Kier alpha value is -1.58. The zero-order chi connectivity index (χ0) is 9.42. The van der Waals surface area contributed by atoms with Gasteiger partial charge in [0, 0.05) is 0 Å². The van der Waals surface area contributed by atoms with E-state index >= 15 is 0 Å². The lowest BCUT2D eigenvalue weighted by molar-refractivity contribution is 0.503. The molecule has 0 unspecified atom stereocenters. The molecule has 4 nitrogen and oxygen atoms in total. The summed E-state index contributed by atoms with van der Waals surface area (Å²) in [5, 5.41) is 4.58. The van der Waals surface area contributed by atoms with Gasteiger partial charge in [0.25, 0.3) is 5.56 Å². The number of aromatic nitrogens is 2. The third kappa shape index (κ3) is 1.14. The molecule has 13 heavy (non-hydrogen) atoms. The Labute approximate surface area is 74.8 Å². The molecule has 0 radical (unpaired) electrons. The summed E-state index contributed by atoms with van der Waals surface area (Å²) >= 11 is 0. The van der Waals surface area contributed by atoms with Crippen molar-refractivity contribution in [2.24, 2.45) is 0 Å². The third-order valence-corrected chi connectivity index (χ3v) is 1.92. The van der Waals surface area contributed by atoms with Crippen molar-refractivity contribution in [1.82, 2.24) is 9.78 Å². The average molecular weight is 178 g/mol. The maximum Gasteiger partial charge on any atom is 0.278 e. The van der Waals surface area contributed by atoms with Crippen molar-refractivity contribution in [3.8, 4) is 0 Å². The first-order valence-corrected chi connectivity index (χ1v) is 4.15. The summed E-state index contributed by atoms with van der Waals surface area (Å²) in [6.07, 6.45) is 3.06. The van der Waals surface area contributed by atoms with E-state index in [4.69, 9.17) is 4.42 Å². The molecule has 0 spiro atoms. The molecule has 0 fully saturated rings. The highest BCUT2D eigenvalue weighted by atomic mass is 16.3. The number of hydrogen-bond acceptors (Lipinski definition) is 3. The van der Waals surface area contributed by atoms with Crippen LogP contribution in [0, 0.1) is 0 Å². The van der Waals surface area contributed by atoms with Gasteiger partial charge in [-0.3, -0.25) is 4.79 Å². The van der Waals surface area contributed by atoms with Gasteiger partial charge in [-0.2, -0.15) is 5.10 Å². The van der Waals surface area contributed by atoms with Gasteiger partial charge in [-0.05, 0) is 19.9 Å². The predicted molar refractivity (Wildman–Crippen MR) is 48.7 cm³/mol. The number of nitrogens with zero attached hydrogens (tertiary/aromatic N) is 2. The number of rotatable bonds is 1. The second-order valence-electron chi connectivity index (χ2n) is 3.19. The van der Waals surface area contributed by atoms with Gasteiger partial charge in [0.15, 0.2) is 5.58 Å². The molecule has 68 valence electrons. The van der Waals surface area contributed by atoms with E-state index in [2.05, 4.69) is 5.10 Å². The maximum atomic E-state index is 11.7. The van der Waals surface area contributed by atoms with Crippen LogP contribution in [0.25, 0.3) is 11.0 Å². The summed E-state index contributed by atoms with van der Waals surface area (Å²) < 4.78 is 6.50. The highest BCUT2D eigenvalue weighted by molar-refractivity contribution is 5.74. The topological polar surface area (TPSA) is 48.0 Å². The van der Waals surface area contributed by atoms with E-state index in [1.54, 1.807) is 12.3 Å². The fourth-order valence-corrected chi connectivity index (χ4v) is 1.26. The molecule has 0 saturated carbocycles. The Morgan fingerprint density at radius 2 is 2.31 bits per heavy atom. The molecular weight excluding hydrogens is 168 g/mol. The lowest BCUT2D eigenvalue weighted by Gasteiger charge is -2.06. The van der Waals surface area contributed by atoms with Crippen molar-refractivity contribution < 1.29 is 4.42 Å². The molecule has 0 N–H and O–H groups in total. The van der Waals surface area contributed by atoms with Gasteiger partial charge in [-0.25, -0.2) is 4.68 Å². The molecule has 2 rings (SSSR count). The summed E-state index contributed by atoms with van der Waals surface area (Å²) in [7, 11) is 0. The van der Waals surface area contributed by atoms with Gasteiger partial charge in [-0.15, -0.1) is 0 Å². The van der Waals surface area contributed by atoms with Crippen molar-refractivity contribution >= 4 is 11.0 Å². The quantitative estimate of drug-likeness (QED) is 0.665. The standard InChI is InChI=1S/C9H10N2O2/c1-6(2)11-9(12)7-3-4-13-8(7)5-10-11/h3-6H,1-2H3. The van der Waals surface area contributed by atoms with Crippen molar-refractivity contribution in [3.63, 3.8) is 0 Å². The average Bonchev–Trinajstić information content (AvgIpc) is 2.52. The van der Waals surface area contributed by atoms with Gasteiger partial charge >= 0.3 is 0 Å². The van der Waals surface area contributed by atoms with E-state index in [0.29, 0.717) is 11.0 Å². The second kappa shape index (κ2) is 2.73. The Morgan fingerprint density at radius 1 is 1.54 bits per heavy atom. The molecule has 0 bridgehead atoms. The summed E-state index contributed by atoms with van der Waals surface area (Å²) in [6, 6.07) is 1.74. The molecule has 4 heteroatoms. The van der Waals surface area contributed by atoms with Crippen LogP contribution in [0.4, 0.5) is 0 Å². The Balaban J connectivity index is 2.81. The number of hydrogen-bond donors (Lipinski definition) is 0. The summed E-state index contributed by atoms with van der Waals surface area (Å²) in [6.45, 7) is 3.83. The molecule has 2 aromatic heterocycles. The lowest BCUT2D eigenvalue weighted by atomic mass is 10.3. The summed E-state index contributed by atoms with van der Waals surface area (Å²) in [5.74, 6) is 0. The van der Waals surface area contributed by atoms with Crippen LogP contribution in [0.2, 0.25) is 0 Å². The summed E-state index contributed by atoms with van der Waals surface area (Å²) in [4.78, 5) is 11.7. The van der Waals surface area contributed by atoms with Crippen LogP contribution in [0.5, 0.6) is 0 Å². The molecule has 0 atom stereocenters. The van der Waals surface area contributed by atoms with Crippen LogP contribution in [0.15, 0.2) is 27.7 Å². The van der Waals surface area contributed by atoms with Gasteiger partial charge in [0.05, 0.1) is 23.9 Å². The first kappa shape index (κ1) is 8.04. The molecule has 0 aliphatic heterocycles. The molecule has 0 amide bonds. The van der Waals surface area contributed by atoms with E-state index in [1.807, 2.05) is 13.8 Å². The number of furan rings is 1. The first-order chi connectivity index (χ1) is 6.20. The second-order valence-corrected chi connectivity index (χ2v) is 3.19. The largest absolute Gasteiger partial charge is 0.462 e. The molecule has 0 aliphatic carbocycles. The van der Waals surface area contributed by atoms with Gasteiger partial charge in [-0.1, -0.05) is 0 Å². The minimum Gasteiger partial charge on any atom is -0.462 e. The zero-order valence-electron chi connectivity index (χ0n) is 7.52. The van der Waals surface area contributed by atoms with E-state index in [1.165, 1.54) is 10.9 Å². The SMILES string of the molecule is CC(C)n1ncc2occc2c1=O. The van der Waals surface area contributed by atoms with E-state index < -0.39 is 0 Å². The van der Waals surface area contributed by atoms with Gasteiger partial charge < -0.3 is 4.42 Å². The molecule has 0 aromatic carbocycles. The normalized spacial score (nSPS) is 11.3. The minimum absolute atomic E-state index is 0.0757. The monoisotopic (exact) mass is 178 g/mol. The molecular formula is C9H10N2O2. The fraction of sp³-hybridized carbons (Fsp3) is 0.333. The van der Waals surface area contributed by atoms with Crippen molar-refractivity contribution in [2.75, 3.05) is 0 Å². The third-order valence-electron chi connectivity index (χ3n) is 1.92. The maximum absolute atomic E-state index is 11.7.